The molecule has 0 bridgehead atoms. The second-order valence-electron chi connectivity index (χ2n) is 6.22. The lowest BCUT2D eigenvalue weighted by Crippen LogP contribution is -2.53. The van der Waals surface area contributed by atoms with E-state index in [0.29, 0.717) is 6.54 Å². The van der Waals surface area contributed by atoms with Crippen LogP contribution in [-0.2, 0) is 15.3 Å². The van der Waals surface area contributed by atoms with E-state index in [1.807, 2.05) is 0 Å². The molecule has 0 saturated carbocycles. The van der Waals surface area contributed by atoms with E-state index < -0.39 is 36.1 Å². The number of nitrogens with zero attached hydrogens (tertiary/aromatic N) is 2. The van der Waals surface area contributed by atoms with Crippen LogP contribution in [0.2, 0.25) is 0 Å². The van der Waals surface area contributed by atoms with Gasteiger partial charge in [0.25, 0.3) is 5.91 Å². The predicted molar refractivity (Wildman–Crippen MR) is 90.6 cm³/mol. The number of unbranched alkanes of at least 4 members (excludes halogenated alkanes) is 3. The number of aliphatic hydroxyl groups excluding tert-OH is 2. The molecule has 1 aromatic heterocycles. The number of nitrogens with one attached hydrogen (secondary N) is 1. The molecule has 0 unspecified atom stereocenters. The number of hydrogen-bond acceptors (Lipinski definition) is 7. The van der Waals surface area contributed by atoms with Gasteiger partial charge in [0, 0.05) is 19.2 Å². The third-order valence-corrected chi connectivity index (χ3v) is 4.33. The summed E-state index contributed by atoms with van der Waals surface area (Å²) in [6.45, 7) is 2.06. The number of carbonyl (C=O) groups is 1. The maximum Gasteiger partial charge on any atom is 0.352 e. The van der Waals surface area contributed by atoms with Crippen LogP contribution < -0.4 is 16.7 Å². The molecule has 1 fully saturated rings. The fourth-order valence-corrected chi connectivity index (χ4v) is 2.94. The lowest BCUT2D eigenvalue weighted by Gasteiger charge is -2.29. The maximum absolute atomic E-state index is 12.8. The number of amides is 1. The van der Waals surface area contributed by atoms with Crippen LogP contribution in [0.25, 0.3) is 0 Å². The Labute approximate surface area is 145 Å². The summed E-state index contributed by atoms with van der Waals surface area (Å²) in [4.78, 5) is 28.6. The SMILES string of the molecule is CCCCCCNC(=O)[C@]1(n2ccc(N)nc2=O)C[C@H](O)[C@@H](CO)O1. The van der Waals surface area contributed by atoms with Crippen LogP contribution in [0, 0.1) is 0 Å². The highest BCUT2D eigenvalue weighted by Crippen LogP contribution is 2.34. The molecule has 2 rings (SSSR count). The van der Waals surface area contributed by atoms with Crippen molar-refractivity contribution >= 4 is 11.7 Å². The zero-order chi connectivity index (χ0) is 18.4. The summed E-state index contributed by atoms with van der Waals surface area (Å²) in [5, 5.41) is 22.2. The number of nitrogen functional groups attached to an aromatic ring is 1. The lowest BCUT2D eigenvalue weighted by atomic mass is 10.0. The highest BCUT2D eigenvalue weighted by molar-refractivity contribution is 5.83. The Balaban J connectivity index is 2.24. The van der Waals surface area contributed by atoms with Crippen molar-refractivity contribution in [3.63, 3.8) is 0 Å². The number of rotatable bonds is 8. The summed E-state index contributed by atoms with van der Waals surface area (Å²) in [6, 6.07) is 1.37. The van der Waals surface area contributed by atoms with Crippen LogP contribution in [-0.4, -0.2) is 51.0 Å². The third-order valence-electron chi connectivity index (χ3n) is 4.33. The van der Waals surface area contributed by atoms with Gasteiger partial charge >= 0.3 is 5.69 Å². The summed E-state index contributed by atoms with van der Waals surface area (Å²) >= 11 is 0. The van der Waals surface area contributed by atoms with Crippen molar-refractivity contribution in [3.8, 4) is 0 Å². The van der Waals surface area contributed by atoms with Crippen molar-refractivity contribution in [3.05, 3.63) is 22.7 Å². The molecule has 0 aliphatic carbocycles. The van der Waals surface area contributed by atoms with Crippen molar-refractivity contribution in [1.82, 2.24) is 14.9 Å². The van der Waals surface area contributed by atoms with E-state index in [9.17, 15) is 19.8 Å². The molecule has 140 valence electrons. The van der Waals surface area contributed by atoms with Crippen molar-refractivity contribution in [2.45, 2.75) is 57.0 Å². The molecule has 9 heteroatoms. The molecule has 5 N–H and O–H groups in total. The number of hydrogen-bond donors (Lipinski definition) is 4. The highest BCUT2D eigenvalue weighted by atomic mass is 16.6. The molecule has 1 saturated heterocycles. The number of carbonyl (C=O) groups excluding carboxylic acids is 1. The number of nitrogens with two attached hydrogens (primary N) is 1. The van der Waals surface area contributed by atoms with Crippen LogP contribution in [0.1, 0.15) is 39.0 Å². The number of aliphatic hydroxyl groups is 2. The molecule has 0 radical (unpaired) electrons. The smallest absolute Gasteiger partial charge is 0.352 e. The molecule has 25 heavy (non-hydrogen) atoms. The molecule has 1 aliphatic heterocycles. The van der Waals surface area contributed by atoms with E-state index in [0.717, 1.165) is 30.3 Å². The van der Waals surface area contributed by atoms with Crippen molar-refractivity contribution in [1.29, 1.82) is 0 Å². The van der Waals surface area contributed by atoms with Crippen LogP contribution in [0.3, 0.4) is 0 Å². The van der Waals surface area contributed by atoms with Crippen LogP contribution in [0.5, 0.6) is 0 Å². The van der Waals surface area contributed by atoms with Gasteiger partial charge in [-0.25, -0.2) is 4.79 Å². The first-order chi connectivity index (χ1) is 11.9. The molecule has 3 atom stereocenters. The van der Waals surface area contributed by atoms with Gasteiger partial charge in [0.2, 0.25) is 5.72 Å². The van der Waals surface area contributed by atoms with Gasteiger partial charge in [-0.2, -0.15) is 4.98 Å². The minimum absolute atomic E-state index is 0.0219. The Hall–Kier alpha value is -1.97. The van der Waals surface area contributed by atoms with Crippen molar-refractivity contribution in [2.24, 2.45) is 0 Å². The van der Waals surface area contributed by atoms with Gasteiger partial charge in [-0.05, 0) is 12.5 Å². The Morgan fingerprint density at radius 2 is 2.28 bits per heavy atom. The van der Waals surface area contributed by atoms with E-state index in [1.165, 1.54) is 12.3 Å². The highest BCUT2D eigenvalue weighted by Gasteiger charge is 2.53. The molecular formula is C16H26N4O5. The minimum atomic E-state index is -1.75. The zero-order valence-electron chi connectivity index (χ0n) is 14.4. The summed E-state index contributed by atoms with van der Waals surface area (Å²) in [7, 11) is 0. The molecule has 0 aromatic carbocycles. The topological polar surface area (TPSA) is 140 Å². The van der Waals surface area contributed by atoms with Gasteiger partial charge in [-0.1, -0.05) is 26.2 Å². The quantitative estimate of drug-likeness (QED) is 0.453. The fraction of sp³-hybridized carbons (Fsp3) is 0.688. The van der Waals surface area contributed by atoms with Gasteiger partial charge in [0.15, 0.2) is 0 Å². The zero-order valence-corrected chi connectivity index (χ0v) is 14.4. The van der Waals surface area contributed by atoms with Crippen LogP contribution in [0.15, 0.2) is 17.1 Å². The second kappa shape index (κ2) is 8.41. The maximum atomic E-state index is 12.8. The number of anilines is 1. The Morgan fingerprint density at radius 1 is 1.52 bits per heavy atom. The van der Waals surface area contributed by atoms with Crippen molar-refractivity contribution < 1.29 is 19.7 Å². The molecular weight excluding hydrogens is 328 g/mol. The van der Waals surface area contributed by atoms with Gasteiger partial charge in [0.05, 0.1) is 12.7 Å². The summed E-state index contributed by atoms with van der Waals surface area (Å²) in [5.41, 5.74) is 2.99. The molecule has 1 aliphatic rings. The van der Waals surface area contributed by atoms with E-state index in [1.54, 1.807) is 0 Å². The first-order valence-electron chi connectivity index (χ1n) is 8.55. The average molecular weight is 354 g/mol. The lowest BCUT2D eigenvalue weighted by molar-refractivity contribution is -0.164. The molecule has 2 heterocycles. The van der Waals surface area contributed by atoms with Gasteiger partial charge in [0.1, 0.15) is 11.9 Å². The fourth-order valence-electron chi connectivity index (χ4n) is 2.94. The number of aromatic nitrogens is 2. The third kappa shape index (κ3) is 4.17. The van der Waals surface area contributed by atoms with E-state index in [2.05, 4.69) is 17.2 Å². The minimum Gasteiger partial charge on any atom is -0.394 e. The van der Waals surface area contributed by atoms with Crippen LogP contribution in [0.4, 0.5) is 5.82 Å². The Bertz CT molecular complexity index is 650. The van der Waals surface area contributed by atoms with Crippen LogP contribution >= 0.6 is 0 Å². The molecule has 9 nitrogen and oxygen atoms in total. The standard InChI is InChI=1S/C16H26N4O5/c1-2-3-4-5-7-18-14(23)16(9-11(22)12(10-21)25-16)20-8-6-13(17)19-15(20)24/h6,8,11-12,21-22H,2-5,7,9-10H2,1H3,(H,18,23)(H2,17,19,24)/t11-,12+,16-/m0/s1. The second-order valence-corrected chi connectivity index (χ2v) is 6.22. The van der Waals surface area contributed by atoms with E-state index in [-0.39, 0.29) is 12.2 Å². The normalized spacial score (nSPS) is 25.9. The van der Waals surface area contributed by atoms with Gasteiger partial charge in [-0.3, -0.25) is 9.36 Å². The Kier molecular flexibility index (Phi) is 6.51. The van der Waals surface area contributed by atoms with E-state index >= 15 is 0 Å². The van der Waals surface area contributed by atoms with Crippen molar-refractivity contribution in [2.75, 3.05) is 18.9 Å². The average Bonchev–Trinajstić information content (AvgIpc) is 2.92. The largest absolute Gasteiger partial charge is 0.394 e. The monoisotopic (exact) mass is 354 g/mol. The molecule has 1 aromatic rings. The summed E-state index contributed by atoms with van der Waals surface area (Å²) in [6.07, 6.45) is 3.04. The van der Waals surface area contributed by atoms with Gasteiger partial charge in [-0.15, -0.1) is 0 Å². The number of ether oxygens (including phenoxy) is 1. The molecule has 0 spiro atoms. The summed E-state index contributed by atoms with van der Waals surface area (Å²) in [5.74, 6) is -0.527. The Morgan fingerprint density at radius 3 is 2.88 bits per heavy atom. The predicted octanol–water partition coefficient (Wildman–Crippen LogP) is -0.683. The summed E-state index contributed by atoms with van der Waals surface area (Å²) < 4.78 is 6.64. The van der Waals surface area contributed by atoms with Gasteiger partial charge < -0.3 is 26.0 Å². The first kappa shape index (κ1) is 19.4. The first-order valence-corrected chi connectivity index (χ1v) is 8.55. The van der Waals surface area contributed by atoms with E-state index in [4.69, 9.17) is 10.5 Å². The molecule has 1 amide bonds.